The summed E-state index contributed by atoms with van der Waals surface area (Å²) >= 11 is 0. The number of rotatable bonds is 9. The third-order valence-corrected chi connectivity index (χ3v) is 4.94. The van der Waals surface area contributed by atoms with E-state index in [-0.39, 0.29) is 29.6 Å². The zero-order chi connectivity index (χ0) is 24.6. The van der Waals surface area contributed by atoms with Crippen LogP contribution in [0.15, 0.2) is 36.5 Å². The number of amides is 2. The lowest BCUT2D eigenvalue weighted by molar-refractivity contribution is -0.154. The maximum Gasteiger partial charge on any atom is 0.422 e. The van der Waals surface area contributed by atoms with Crippen molar-refractivity contribution in [1.29, 1.82) is 0 Å². The Morgan fingerprint density at radius 2 is 1.79 bits per heavy atom. The molecule has 184 valence electrons. The van der Waals surface area contributed by atoms with Crippen molar-refractivity contribution in [2.45, 2.75) is 32.4 Å². The molecule has 2 amide bonds. The summed E-state index contributed by atoms with van der Waals surface area (Å²) in [6.45, 7) is 1.98. The van der Waals surface area contributed by atoms with Crippen molar-refractivity contribution >= 4 is 17.5 Å². The van der Waals surface area contributed by atoms with Crippen molar-refractivity contribution in [1.82, 2.24) is 9.88 Å². The Kier molecular flexibility index (Phi) is 8.55. The van der Waals surface area contributed by atoms with Crippen LogP contribution in [0.5, 0.6) is 17.4 Å². The predicted molar refractivity (Wildman–Crippen MR) is 117 cm³/mol. The van der Waals surface area contributed by atoms with Gasteiger partial charge in [-0.3, -0.25) is 9.59 Å². The molecular weight excluding hydrogens is 455 g/mol. The Hall–Kier alpha value is -3.50. The van der Waals surface area contributed by atoms with Gasteiger partial charge in [0.1, 0.15) is 0 Å². The molecule has 1 aromatic heterocycles. The zero-order valence-electron chi connectivity index (χ0n) is 18.7. The van der Waals surface area contributed by atoms with Crippen LogP contribution in [0.2, 0.25) is 0 Å². The normalized spacial score (nSPS) is 13.8. The smallest absolute Gasteiger partial charge is 0.422 e. The molecule has 8 nitrogen and oxygen atoms in total. The second-order valence-electron chi connectivity index (χ2n) is 7.57. The van der Waals surface area contributed by atoms with Gasteiger partial charge in [-0.2, -0.15) is 13.2 Å². The lowest BCUT2D eigenvalue weighted by Crippen LogP contribution is -2.38. The molecule has 0 unspecified atom stereocenters. The van der Waals surface area contributed by atoms with Gasteiger partial charge in [-0.25, -0.2) is 4.98 Å². The molecule has 34 heavy (non-hydrogen) atoms. The number of alkyl halides is 3. The number of piperidine rings is 1. The van der Waals surface area contributed by atoms with E-state index in [0.717, 1.165) is 32.4 Å². The third kappa shape index (κ3) is 7.53. The number of pyridine rings is 1. The SMILES string of the molecule is CCOc1cc(C(=O)Nc2ccc(OCC(F)(F)F)nc2)ccc1OCC(=O)N1CCCCC1. The van der Waals surface area contributed by atoms with E-state index in [4.69, 9.17) is 9.47 Å². The van der Waals surface area contributed by atoms with E-state index in [1.165, 1.54) is 30.5 Å². The highest BCUT2D eigenvalue weighted by atomic mass is 19.4. The first kappa shape index (κ1) is 25.1. The molecule has 0 atom stereocenters. The van der Waals surface area contributed by atoms with Crippen molar-refractivity contribution in [3.05, 3.63) is 42.1 Å². The summed E-state index contributed by atoms with van der Waals surface area (Å²) in [5.41, 5.74) is 0.533. The van der Waals surface area contributed by atoms with Gasteiger partial charge in [-0.05, 0) is 50.5 Å². The van der Waals surface area contributed by atoms with Gasteiger partial charge in [-0.1, -0.05) is 0 Å². The van der Waals surface area contributed by atoms with E-state index >= 15 is 0 Å². The molecule has 0 radical (unpaired) electrons. The molecule has 1 fully saturated rings. The molecule has 1 N–H and O–H groups in total. The summed E-state index contributed by atoms with van der Waals surface area (Å²) in [4.78, 5) is 30.5. The van der Waals surface area contributed by atoms with Gasteiger partial charge in [0.05, 0.1) is 18.5 Å². The van der Waals surface area contributed by atoms with Crippen LogP contribution in [-0.2, 0) is 4.79 Å². The Balaban J connectivity index is 1.60. The summed E-state index contributed by atoms with van der Waals surface area (Å²) in [6.07, 6.45) is -0.188. The minimum Gasteiger partial charge on any atom is -0.490 e. The van der Waals surface area contributed by atoms with Gasteiger partial charge >= 0.3 is 6.18 Å². The summed E-state index contributed by atoms with van der Waals surface area (Å²) in [7, 11) is 0. The molecule has 0 aliphatic carbocycles. The van der Waals surface area contributed by atoms with Gasteiger partial charge < -0.3 is 24.4 Å². The van der Waals surface area contributed by atoms with Crippen LogP contribution in [0.3, 0.4) is 0 Å². The first-order chi connectivity index (χ1) is 16.2. The molecule has 11 heteroatoms. The van der Waals surface area contributed by atoms with E-state index < -0.39 is 18.7 Å². The van der Waals surface area contributed by atoms with Gasteiger partial charge in [-0.15, -0.1) is 0 Å². The molecule has 1 aliphatic rings. The number of nitrogens with zero attached hydrogens (tertiary/aromatic N) is 2. The molecular formula is C23H26F3N3O5. The summed E-state index contributed by atoms with van der Waals surface area (Å²) in [5, 5.41) is 2.60. The number of anilines is 1. The van der Waals surface area contributed by atoms with E-state index in [1.54, 1.807) is 17.9 Å². The monoisotopic (exact) mass is 481 g/mol. The van der Waals surface area contributed by atoms with Gasteiger partial charge in [0, 0.05) is 24.7 Å². The number of ether oxygens (including phenoxy) is 3. The molecule has 0 spiro atoms. The first-order valence-corrected chi connectivity index (χ1v) is 10.9. The molecule has 0 bridgehead atoms. The number of carbonyl (C=O) groups excluding carboxylic acids is 2. The highest BCUT2D eigenvalue weighted by molar-refractivity contribution is 6.04. The van der Waals surface area contributed by atoms with Crippen LogP contribution < -0.4 is 19.5 Å². The summed E-state index contributed by atoms with van der Waals surface area (Å²) in [6, 6.07) is 7.17. The Morgan fingerprint density at radius 3 is 2.44 bits per heavy atom. The number of aromatic nitrogens is 1. The molecule has 1 aliphatic heterocycles. The van der Waals surface area contributed by atoms with E-state index in [0.29, 0.717) is 18.1 Å². The molecule has 1 aromatic carbocycles. The van der Waals surface area contributed by atoms with E-state index in [1.807, 2.05) is 0 Å². The van der Waals surface area contributed by atoms with Crippen LogP contribution in [-0.4, -0.2) is 60.8 Å². The van der Waals surface area contributed by atoms with Gasteiger partial charge in [0.25, 0.3) is 11.8 Å². The fraction of sp³-hybridized carbons (Fsp3) is 0.435. The largest absolute Gasteiger partial charge is 0.490 e. The average Bonchev–Trinajstić information content (AvgIpc) is 2.83. The fourth-order valence-electron chi connectivity index (χ4n) is 3.31. The molecule has 2 aromatic rings. The number of hydrogen-bond donors (Lipinski definition) is 1. The maximum atomic E-state index is 12.6. The zero-order valence-corrected chi connectivity index (χ0v) is 18.7. The predicted octanol–water partition coefficient (Wildman–Crippen LogP) is 4.07. The van der Waals surface area contributed by atoms with Crippen LogP contribution >= 0.6 is 0 Å². The first-order valence-electron chi connectivity index (χ1n) is 10.9. The van der Waals surface area contributed by atoms with E-state index in [9.17, 15) is 22.8 Å². The standard InChI is InChI=1S/C23H26F3N3O5/c1-2-32-19-12-16(6-8-18(19)33-14-21(30)29-10-4-3-5-11-29)22(31)28-17-7-9-20(27-13-17)34-15-23(24,25)26/h6-9,12-13H,2-5,10-11,14-15H2,1H3,(H,28,31). The number of benzene rings is 1. The van der Waals surface area contributed by atoms with Crippen LogP contribution in [0.4, 0.5) is 18.9 Å². The van der Waals surface area contributed by atoms with E-state index in [2.05, 4.69) is 15.0 Å². The number of carbonyl (C=O) groups is 2. The minimum atomic E-state index is -4.47. The average molecular weight is 481 g/mol. The van der Waals surface area contributed by atoms with Crippen molar-refractivity contribution in [3.8, 4) is 17.4 Å². The Labute approximate surface area is 195 Å². The number of halogens is 3. The van der Waals surface area contributed by atoms with Crippen molar-refractivity contribution in [3.63, 3.8) is 0 Å². The van der Waals surface area contributed by atoms with Crippen LogP contribution in [0, 0.1) is 0 Å². The fourth-order valence-corrected chi connectivity index (χ4v) is 3.31. The summed E-state index contributed by atoms with van der Waals surface area (Å²) < 4.78 is 52.4. The molecule has 3 rings (SSSR count). The lowest BCUT2D eigenvalue weighted by atomic mass is 10.1. The van der Waals surface area contributed by atoms with Crippen molar-refractivity contribution in [2.75, 3.05) is 38.2 Å². The Morgan fingerprint density at radius 1 is 1.03 bits per heavy atom. The lowest BCUT2D eigenvalue weighted by Gasteiger charge is -2.26. The van der Waals surface area contributed by atoms with Crippen molar-refractivity contribution in [2.24, 2.45) is 0 Å². The van der Waals surface area contributed by atoms with Crippen LogP contribution in [0.1, 0.15) is 36.5 Å². The molecule has 1 saturated heterocycles. The second kappa shape index (κ2) is 11.6. The highest BCUT2D eigenvalue weighted by Gasteiger charge is 2.28. The van der Waals surface area contributed by atoms with Gasteiger partial charge in [0.15, 0.2) is 24.7 Å². The second-order valence-corrected chi connectivity index (χ2v) is 7.57. The van der Waals surface area contributed by atoms with Gasteiger partial charge in [0.2, 0.25) is 5.88 Å². The summed E-state index contributed by atoms with van der Waals surface area (Å²) in [5.74, 6) is -0.136. The van der Waals surface area contributed by atoms with Crippen LogP contribution in [0.25, 0.3) is 0 Å². The van der Waals surface area contributed by atoms with Crippen molar-refractivity contribution < 1.29 is 37.0 Å². The maximum absolute atomic E-state index is 12.6. The topological polar surface area (TPSA) is 90.0 Å². The third-order valence-electron chi connectivity index (χ3n) is 4.94. The molecule has 2 heterocycles. The number of nitrogens with one attached hydrogen (secondary N) is 1. The number of hydrogen-bond acceptors (Lipinski definition) is 6. The minimum absolute atomic E-state index is 0.0980. The molecule has 0 saturated carbocycles. The highest BCUT2D eigenvalue weighted by Crippen LogP contribution is 2.29. The Bertz CT molecular complexity index is 977. The quantitative estimate of drug-likeness (QED) is 0.581. The number of likely N-dealkylation sites (tertiary alicyclic amines) is 1.